The summed E-state index contributed by atoms with van der Waals surface area (Å²) in [5.41, 5.74) is 3.38. The number of guanidine groups is 1. The van der Waals surface area contributed by atoms with Crippen molar-refractivity contribution in [1.82, 2.24) is 25.4 Å². The molecule has 1 aromatic carbocycles. The zero-order chi connectivity index (χ0) is 15.4. The lowest BCUT2D eigenvalue weighted by Crippen LogP contribution is -2.36. The van der Waals surface area contributed by atoms with Gasteiger partial charge >= 0.3 is 0 Å². The van der Waals surface area contributed by atoms with Crippen LogP contribution in [-0.2, 0) is 20.1 Å². The Morgan fingerprint density at radius 2 is 2.05 bits per heavy atom. The summed E-state index contributed by atoms with van der Waals surface area (Å²) in [6, 6.07) is 12.4. The Hall–Kier alpha value is -2.76. The van der Waals surface area contributed by atoms with Gasteiger partial charge in [0.25, 0.3) is 0 Å². The maximum Gasteiger partial charge on any atom is 0.191 e. The van der Waals surface area contributed by atoms with Crippen LogP contribution in [0.15, 0.2) is 47.6 Å². The Morgan fingerprint density at radius 1 is 1.23 bits per heavy atom. The number of fused-ring (bicyclic) bond motifs is 1. The van der Waals surface area contributed by atoms with E-state index >= 15 is 0 Å². The fourth-order valence-electron chi connectivity index (χ4n) is 2.38. The van der Waals surface area contributed by atoms with E-state index in [9.17, 15) is 0 Å². The van der Waals surface area contributed by atoms with Crippen molar-refractivity contribution in [3.63, 3.8) is 0 Å². The first kappa shape index (κ1) is 14.2. The monoisotopic (exact) mass is 296 g/mol. The zero-order valence-electron chi connectivity index (χ0n) is 12.8. The second-order valence-corrected chi connectivity index (χ2v) is 5.11. The van der Waals surface area contributed by atoms with Crippen LogP contribution in [0.25, 0.3) is 10.9 Å². The molecule has 0 aliphatic carbocycles. The summed E-state index contributed by atoms with van der Waals surface area (Å²) in [4.78, 5) is 7.63. The summed E-state index contributed by atoms with van der Waals surface area (Å²) in [5.74, 6) is 0.764. The molecule has 2 aromatic heterocycles. The molecule has 0 aliphatic heterocycles. The second kappa shape index (κ2) is 6.34. The van der Waals surface area contributed by atoms with Gasteiger partial charge in [-0.3, -0.25) is 9.67 Å². The molecule has 3 aromatic rings. The minimum Gasteiger partial charge on any atom is -0.357 e. The van der Waals surface area contributed by atoms with Crippen molar-refractivity contribution in [3.05, 3.63) is 54.0 Å². The third kappa shape index (κ3) is 3.11. The van der Waals surface area contributed by atoms with Crippen molar-refractivity contribution in [3.8, 4) is 0 Å². The molecule has 0 radical (unpaired) electrons. The van der Waals surface area contributed by atoms with E-state index in [0.29, 0.717) is 13.1 Å². The highest BCUT2D eigenvalue weighted by Crippen LogP contribution is 2.14. The third-order valence-electron chi connectivity index (χ3n) is 3.62. The molecule has 3 rings (SSSR count). The van der Waals surface area contributed by atoms with Crippen LogP contribution < -0.4 is 10.6 Å². The summed E-state index contributed by atoms with van der Waals surface area (Å²) < 4.78 is 1.85. The topological polar surface area (TPSA) is 70.0 Å². The van der Waals surface area contributed by atoms with E-state index in [1.807, 2.05) is 29.9 Å². The average Bonchev–Trinajstić information content (AvgIpc) is 3.13. The van der Waals surface area contributed by atoms with E-state index in [2.05, 4.69) is 43.9 Å². The normalized spacial score (nSPS) is 11.8. The fraction of sp³-hybridized carbons (Fsp3) is 0.250. The first-order valence-corrected chi connectivity index (χ1v) is 7.24. The van der Waals surface area contributed by atoms with Crippen LogP contribution >= 0.6 is 0 Å². The molecule has 0 fully saturated rings. The highest BCUT2D eigenvalue weighted by Gasteiger charge is 2.03. The van der Waals surface area contributed by atoms with E-state index in [1.165, 1.54) is 5.39 Å². The molecule has 0 saturated carbocycles. The van der Waals surface area contributed by atoms with Gasteiger partial charge in [-0.25, -0.2) is 0 Å². The van der Waals surface area contributed by atoms with Gasteiger partial charge in [0.2, 0.25) is 0 Å². The van der Waals surface area contributed by atoms with Gasteiger partial charge in [-0.15, -0.1) is 0 Å². The lowest BCUT2D eigenvalue weighted by Gasteiger charge is -2.11. The molecule has 0 unspecified atom stereocenters. The number of nitrogens with zero attached hydrogens (tertiary/aromatic N) is 3. The SMILES string of the molecule is CN=C(NCc1cc2ccccc2[nH]1)NCc1ccnn1C. The molecule has 2 heterocycles. The number of para-hydroxylation sites is 1. The smallest absolute Gasteiger partial charge is 0.191 e. The fourth-order valence-corrected chi connectivity index (χ4v) is 2.38. The largest absolute Gasteiger partial charge is 0.357 e. The average molecular weight is 296 g/mol. The van der Waals surface area contributed by atoms with Crippen LogP contribution in [0.2, 0.25) is 0 Å². The van der Waals surface area contributed by atoms with Gasteiger partial charge in [0.05, 0.1) is 18.8 Å². The van der Waals surface area contributed by atoms with Gasteiger partial charge in [-0.2, -0.15) is 5.10 Å². The van der Waals surface area contributed by atoms with Crippen LogP contribution in [0.5, 0.6) is 0 Å². The van der Waals surface area contributed by atoms with Crippen LogP contribution in [0.3, 0.4) is 0 Å². The molecule has 6 nitrogen and oxygen atoms in total. The Bertz CT molecular complexity index is 750. The van der Waals surface area contributed by atoms with E-state index in [4.69, 9.17) is 0 Å². The van der Waals surface area contributed by atoms with E-state index in [-0.39, 0.29) is 0 Å². The van der Waals surface area contributed by atoms with E-state index in [1.54, 1.807) is 13.2 Å². The summed E-state index contributed by atoms with van der Waals surface area (Å²) in [5, 5.41) is 12.0. The van der Waals surface area contributed by atoms with Gasteiger partial charge in [0.1, 0.15) is 0 Å². The Kier molecular flexibility index (Phi) is 4.09. The first-order valence-electron chi connectivity index (χ1n) is 7.24. The number of aromatic amines is 1. The van der Waals surface area contributed by atoms with E-state index in [0.717, 1.165) is 22.9 Å². The number of hydrogen-bond acceptors (Lipinski definition) is 2. The minimum atomic E-state index is 0.683. The summed E-state index contributed by atoms with van der Waals surface area (Å²) in [7, 11) is 3.70. The predicted octanol–water partition coefficient (Wildman–Crippen LogP) is 1.77. The molecule has 0 atom stereocenters. The van der Waals surface area contributed by atoms with Gasteiger partial charge < -0.3 is 15.6 Å². The van der Waals surface area contributed by atoms with Crippen molar-refractivity contribution in [2.75, 3.05) is 7.05 Å². The number of aliphatic imine (C=N–C) groups is 1. The molecule has 22 heavy (non-hydrogen) atoms. The molecule has 0 aliphatic rings. The third-order valence-corrected chi connectivity index (χ3v) is 3.62. The van der Waals surface area contributed by atoms with Crippen LogP contribution in [0.4, 0.5) is 0 Å². The molecule has 0 saturated heterocycles. The molecular weight excluding hydrogens is 276 g/mol. The van der Waals surface area contributed by atoms with Crippen molar-refractivity contribution in [1.29, 1.82) is 0 Å². The van der Waals surface area contributed by atoms with Gasteiger partial charge in [0, 0.05) is 31.5 Å². The standard InChI is InChI=1S/C16H20N6/c1-17-16(19-11-14-7-8-20-22(14)2)18-10-13-9-12-5-3-4-6-15(12)21-13/h3-9,21H,10-11H2,1-2H3,(H2,17,18,19). The maximum atomic E-state index is 4.24. The van der Waals surface area contributed by atoms with Crippen LogP contribution in [0, 0.1) is 0 Å². The number of H-pyrrole nitrogens is 1. The number of rotatable bonds is 4. The van der Waals surface area contributed by atoms with Crippen molar-refractivity contribution >= 4 is 16.9 Å². The van der Waals surface area contributed by atoms with Gasteiger partial charge in [-0.05, 0) is 23.6 Å². The number of benzene rings is 1. The number of aromatic nitrogens is 3. The van der Waals surface area contributed by atoms with E-state index < -0.39 is 0 Å². The summed E-state index contributed by atoms with van der Waals surface area (Å²) >= 11 is 0. The highest BCUT2D eigenvalue weighted by molar-refractivity contribution is 5.81. The Morgan fingerprint density at radius 3 is 2.77 bits per heavy atom. The second-order valence-electron chi connectivity index (χ2n) is 5.11. The molecular formula is C16H20N6. The molecule has 3 N–H and O–H groups in total. The molecule has 6 heteroatoms. The quantitative estimate of drug-likeness (QED) is 0.507. The van der Waals surface area contributed by atoms with Gasteiger partial charge in [0.15, 0.2) is 5.96 Å². The molecule has 0 bridgehead atoms. The predicted molar refractivity (Wildman–Crippen MR) is 88.5 cm³/mol. The van der Waals surface area contributed by atoms with Crippen LogP contribution in [0.1, 0.15) is 11.4 Å². The number of aryl methyl sites for hydroxylation is 1. The molecule has 0 amide bonds. The van der Waals surface area contributed by atoms with Crippen LogP contribution in [-0.4, -0.2) is 27.8 Å². The highest BCUT2D eigenvalue weighted by atomic mass is 15.3. The number of hydrogen-bond donors (Lipinski definition) is 3. The lowest BCUT2D eigenvalue weighted by molar-refractivity contribution is 0.684. The van der Waals surface area contributed by atoms with Crippen molar-refractivity contribution < 1.29 is 0 Å². The maximum absolute atomic E-state index is 4.24. The zero-order valence-corrected chi connectivity index (χ0v) is 12.8. The minimum absolute atomic E-state index is 0.683. The lowest BCUT2D eigenvalue weighted by atomic mass is 10.2. The Balaban J connectivity index is 1.58. The first-order chi connectivity index (χ1) is 10.8. The molecule has 114 valence electrons. The Labute approximate surface area is 129 Å². The number of nitrogens with one attached hydrogen (secondary N) is 3. The van der Waals surface area contributed by atoms with Crippen molar-refractivity contribution in [2.45, 2.75) is 13.1 Å². The summed E-state index contributed by atoms with van der Waals surface area (Å²) in [6.45, 7) is 1.38. The van der Waals surface area contributed by atoms with Crippen molar-refractivity contribution in [2.24, 2.45) is 12.0 Å². The summed E-state index contributed by atoms with van der Waals surface area (Å²) in [6.07, 6.45) is 1.79. The van der Waals surface area contributed by atoms with Gasteiger partial charge in [-0.1, -0.05) is 18.2 Å². The molecule has 0 spiro atoms.